The highest BCUT2D eigenvalue weighted by Crippen LogP contribution is 2.24. The first-order chi connectivity index (χ1) is 13.3. The van der Waals surface area contributed by atoms with Gasteiger partial charge in [-0.05, 0) is 37.3 Å². The van der Waals surface area contributed by atoms with E-state index in [9.17, 15) is 18.0 Å². The van der Waals surface area contributed by atoms with E-state index in [0.717, 1.165) is 29.6 Å². The van der Waals surface area contributed by atoms with Gasteiger partial charge in [-0.1, -0.05) is 11.8 Å². The van der Waals surface area contributed by atoms with Gasteiger partial charge in [0.05, 0.1) is 11.4 Å². The van der Waals surface area contributed by atoms with Crippen LogP contribution in [0.4, 0.5) is 18.9 Å². The molecule has 0 spiro atoms. The maximum atomic E-state index is 12.1. The molecule has 2 aromatic heterocycles. The first-order valence-electron chi connectivity index (χ1n) is 7.88. The number of amides is 1. The van der Waals surface area contributed by atoms with Crippen LogP contribution in [0.3, 0.4) is 0 Å². The summed E-state index contributed by atoms with van der Waals surface area (Å²) in [5.41, 5.74) is 1.20. The molecule has 0 bridgehead atoms. The SMILES string of the molecule is Cc1ccn(Cc2nnc(SCC(=O)Nc3ccc(OC(F)(F)F)cc3)o2)n1. The van der Waals surface area contributed by atoms with Gasteiger partial charge in [0.15, 0.2) is 0 Å². The fourth-order valence-corrected chi connectivity index (χ4v) is 2.69. The number of nitrogens with zero attached hydrogens (tertiary/aromatic N) is 4. The van der Waals surface area contributed by atoms with Crippen LogP contribution < -0.4 is 10.1 Å². The van der Waals surface area contributed by atoms with Crippen LogP contribution in [0, 0.1) is 6.92 Å². The number of hydrogen-bond donors (Lipinski definition) is 1. The second-order valence-electron chi connectivity index (χ2n) is 5.53. The molecule has 0 saturated heterocycles. The summed E-state index contributed by atoms with van der Waals surface area (Å²) >= 11 is 1.04. The van der Waals surface area contributed by atoms with Crippen molar-refractivity contribution < 1.29 is 27.1 Å². The molecule has 0 aliphatic rings. The number of aromatic nitrogens is 4. The summed E-state index contributed by atoms with van der Waals surface area (Å²) < 4.78 is 47.2. The normalized spacial score (nSPS) is 11.4. The summed E-state index contributed by atoms with van der Waals surface area (Å²) in [5.74, 6) is -0.405. The Morgan fingerprint density at radius 2 is 2.00 bits per heavy atom. The highest BCUT2D eigenvalue weighted by atomic mass is 32.2. The molecule has 0 aliphatic heterocycles. The van der Waals surface area contributed by atoms with E-state index < -0.39 is 6.36 Å². The molecule has 0 saturated carbocycles. The average molecular weight is 413 g/mol. The molecule has 0 fully saturated rings. The summed E-state index contributed by atoms with van der Waals surface area (Å²) in [5, 5.41) is 14.7. The van der Waals surface area contributed by atoms with Gasteiger partial charge in [-0.25, -0.2) is 0 Å². The molecule has 0 aliphatic carbocycles. The number of carbonyl (C=O) groups excluding carboxylic acids is 1. The number of ether oxygens (including phenoxy) is 1. The molecule has 3 rings (SSSR count). The Morgan fingerprint density at radius 1 is 1.25 bits per heavy atom. The second-order valence-corrected chi connectivity index (χ2v) is 6.45. The van der Waals surface area contributed by atoms with Crippen LogP contribution in [0.2, 0.25) is 0 Å². The minimum absolute atomic E-state index is 0.0106. The number of alkyl halides is 3. The van der Waals surface area contributed by atoms with E-state index in [1.165, 1.54) is 12.1 Å². The zero-order chi connectivity index (χ0) is 20.1. The Balaban J connectivity index is 1.46. The van der Waals surface area contributed by atoms with Crippen LogP contribution in [-0.4, -0.2) is 38.0 Å². The largest absolute Gasteiger partial charge is 0.573 e. The lowest BCUT2D eigenvalue weighted by Crippen LogP contribution is -2.17. The summed E-state index contributed by atoms with van der Waals surface area (Å²) in [6.07, 6.45) is -2.98. The number of anilines is 1. The Kier molecular flexibility index (Phi) is 5.87. The molecule has 2 heterocycles. The van der Waals surface area contributed by atoms with Crippen LogP contribution in [0.5, 0.6) is 5.75 Å². The highest BCUT2D eigenvalue weighted by Gasteiger charge is 2.30. The number of aryl methyl sites for hydroxylation is 1. The zero-order valence-electron chi connectivity index (χ0n) is 14.4. The lowest BCUT2D eigenvalue weighted by molar-refractivity contribution is -0.274. The third kappa shape index (κ3) is 6.01. The molecule has 8 nitrogen and oxygen atoms in total. The molecule has 0 atom stereocenters. The number of rotatable bonds is 7. The summed E-state index contributed by atoms with van der Waals surface area (Å²) in [6.45, 7) is 2.18. The van der Waals surface area contributed by atoms with Crippen molar-refractivity contribution in [2.75, 3.05) is 11.1 Å². The molecule has 0 radical (unpaired) electrons. The average Bonchev–Trinajstić information content (AvgIpc) is 3.23. The van der Waals surface area contributed by atoms with E-state index in [-0.39, 0.29) is 22.6 Å². The first kappa shape index (κ1) is 19.7. The predicted octanol–water partition coefficient (Wildman–Crippen LogP) is 3.25. The molecular formula is C16H14F3N5O3S. The van der Waals surface area contributed by atoms with Crippen molar-refractivity contribution in [3.8, 4) is 5.75 Å². The van der Waals surface area contributed by atoms with Crippen molar-refractivity contribution in [1.29, 1.82) is 0 Å². The number of carbonyl (C=O) groups is 1. The number of benzene rings is 1. The van der Waals surface area contributed by atoms with Gasteiger partial charge < -0.3 is 14.5 Å². The number of halogens is 3. The summed E-state index contributed by atoms with van der Waals surface area (Å²) in [7, 11) is 0. The predicted molar refractivity (Wildman–Crippen MR) is 92.8 cm³/mol. The molecule has 28 heavy (non-hydrogen) atoms. The molecule has 12 heteroatoms. The minimum atomic E-state index is -4.76. The van der Waals surface area contributed by atoms with Gasteiger partial charge in [0.2, 0.25) is 11.8 Å². The van der Waals surface area contributed by atoms with Crippen molar-refractivity contribution in [3.05, 3.63) is 48.1 Å². The molecular weight excluding hydrogens is 399 g/mol. The van der Waals surface area contributed by atoms with Crippen molar-refractivity contribution in [2.24, 2.45) is 0 Å². The first-order valence-corrected chi connectivity index (χ1v) is 8.86. The van der Waals surface area contributed by atoms with Gasteiger partial charge in [-0.15, -0.1) is 23.4 Å². The maximum absolute atomic E-state index is 12.1. The van der Waals surface area contributed by atoms with E-state index >= 15 is 0 Å². The molecule has 3 aromatic rings. The van der Waals surface area contributed by atoms with Gasteiger partial charge in [0.1, 0.15) is 12.3 Å². The van der Waals surface area contributed by atoms with E-state index in [1.807, 2.05) is 13.0 Å². The minimum Gasteiger partial charge on any atom is -0.414 e. The Morgan fingerprint density at radius 3 is 2.64 bits per heavy atom. The fraction of sp³-hybridized carbons (Fsp3) is 0.250. The van der Waals surface area contributed by atoms with Gasteiger partial charge in [0, 0.05) is 11.9 Å². The highest BCUT2D eigenvalue weighted by molar-refractivity contribution is 7.99. The monoisotopic (exact) mass is 413 g/mol. The van der Waals surface area contributed by atoms with Gasteiger partial charge in [-0.2, -0.15) is 5.10 Å². The van der Waals surface area contributed by atoms with Crippen molar-refractivity contribution in [3.63, 3.8) is 0 Å². The van der Waals surface area contributed by atoms with E-state index in [0.29, 0.717) is 18.1 Å². The number of thioether (sulfide) groups is 1. The summed E-state index contributed by atoms with van der Waals surface area (Å²) in [6, 6.07) is 6.67. The Bertz CT molecular complexity index is 940. The van der Waals surface area contributed by atoms with Crippen LogP contribution >= 0.6 is 11.8 Å². The second kappa shape index (κ2) is 8.33. The van der Waals surface area contributed by atoms with Crippen molar-refractivity contribution in [1.82, 2.24) is 20.0 Å². The smallest absolute Gasteiger partial charge is 0.414 e. The fourth-order valence-electron chi connectivity index (χ4n) is 2.11. The topological polar surface area (TPSA) is 95.1 Å². The van der Waals surface area contributed by atoms with Gasteiger partial charge in [-0.3, -0.25) is 9.48 Å². The third-order valence-electron chi connectivity index (χ3n) is 3.22. The van der Waals surface area contributed by atoms with Gasteiger partial charge >= 0.3 is 6.36 Å². The Hall–Kier alpha value is -3.02. The van der Waals surface area contributed by atoms with E-state index in [2.05, 4.69) is 25.3 Å². The quantitative estimate of drug-likeness (QED) is 0.594. The van der Waals surface area contributed by atoms with Crippen LogP contribution in [0.15, 0.2) is 46.2 Å². The van der Waals surface area contributed by atoms with Crippen molar-refractivity contribution >= 4 is 23.4 Å². The molecule has 0 unspecified atom stereocenters. The molecule has 1 aromatic carbocycles. The standard InChI is InChI=1S/C16H14F3N5O3S/c1-10-6-7-24(23-10)8-14-21-22-15(26-14)28-9-13(25)20-11-2-4-12(5-3-11)27-16(17,18)19/h2-7H,8-9H2,1H3,(H,20,25). The molecule has 148 valence electrons. The van der Waals surface area contributed by atoms with Crippen LogP contribution in [0.25, 0.3) is 0 Å². The zero-order valence-corrected chi connectivity index (χ0v) is 15.3. The Labute approximate surface area is 161 Å². The lowest BCUT2D eigenvalue weighted by Gasteiger charge is -2.09. The molecule has 1 amide bonds. The van der Waals surface area contributed by atoms with Crippen LogP contribution in [-0.2, 0) is 11.3 Å². The lowest BCUT2D eigenvalue weighted by atomic mass is 10.3. The van der Waals surface area contributed by atoms with E-state index in [4.69, 9.17) is 4.42 Å². The number of hydrogen-bond acceptors (Lipinski definition) is 7. The van der Waals surface area contributed by atoms with Gasteiger partial charge in [0.25, 0.3) is 5.22 Å². The third-order valence-corrected chi connectivity index (χ3v) is 4.04. The van der Waals surface area contributed by atoms with E-state index in [1.54, 1.807) is 10.9 Å². The summed E-state index contributed by atoms with van der Waals surface area (Å²) in [4.78, 5) is 12.0. The van der Waals surface area contributed by atoms with Crippen molar-refractivity contribution in [2.45, 2.75) is 25.1 Å². The molecule has 1 N–H and O–H groups in total. The maximum Gasteiger partial charge on any atom is 0.573 e. The number of nitrogens with one attached hydrogen (secondary N) is 1. The van der Waals surface area contributed by atoms with Crippen LogP contribution in [0.1, 0.15) is 11.6 Å².